The Bertz CT molecular complexity index is 351. The molecule has 0 aliphatic carbocycles. The number of nitrogens with two attached hydrogens (primary N) is 1. The van der Waals surface area contributed by atoms with Gasteiger partial charge in [-0.2, -0.15) is 0 Å². The van der Waals surface area contributed by atoms with E-state index in [1.807, 2.05) is 38.1 Å². The minimum absolute atomic E-state index is 0.0694. The summed E-state index contributed by atoms with van der Waals surface area (Å²) < 4.78 is 11.2. The highest BCUT2D eigenvalue weighted by Gasteiger charge is 2.21. The van der Waals surface area contributed by atoms with Crippen LogP contribution in [0.5, 0.6) is 11.5 Å². The number of aliphatic hydroxyl groups is 1. The van der Waals surface area contributed by atoms with Gasteiger partial charge in [-0.05, 0) is 25.5 Å². The molecule has 0 aromatic heterocycles. The minimum Gasteiger partial charge on any atom is -0.490 e. The highest BCUT2D eigenvalue weighted by molar-refractivity contribution is 5.39. The number of benzene rings is 1. The molecule has 18 heavy (non-hydrogen) atoms. The smallest absolute Gasteiger partial charge is 0.161 e. The standard InChI is InChI=1S/C14H23NO3/c1-3-17-12-6-4-5-7-13(12)18-9-8-14(2,10-15)11-16/h4-7,16H,3,8-11,15H2,1-2H3. The van der Waals surface area contributed by atoms with Crippen molar-refractivity contribution in [2.24, 2.45) is 11.1 Å². The van der Waals surface area contributed by atoms with E-state index in [2.05, 4.69) is 0 Å². The van der Waals surface area contributed by atoms with Gasteiger partial charge in [-0.3, -0.25) is 0 Å². The highest BCUT2D eigenvalue weighted by atomic mass is 16.5. The molecule has 0 saturated heterocycles. The second kappa shape index (κ2) is 7.24. The van der Waals surface area contributed by atoms with Gasteiger partial charge in [0.1, 0.15) is 0 Å². The summed E-state index contributed by atoms with van der Waals surface area (Å²) in [5, 5.41) is 9.26. The fourth-order valence-corrected chi connectivity index (χ4v) is 1.50. The van der Waals surface area contributed by atoms with Crippen LogP contribution in [0.15, 0.2) is 24.3 Å². The summed E-state index contributed by atoms with van der Waals surface area (Å²) in [6, 6.07) is 7.58. The van der Waals surface area contributed by atoms with Crippen LogP contribution in [0.3, 0.4) is 0 Å². The van der Waals surface area contributed by atoms with Crippen molar-refractivity contribution in [3.63, 3.8) is 0 Å². The lowest BCUT2D eigenvalue weighted by Crippen LogP contribution is -2.32. The van der Waals surface area contributed by atoms with Gasteiger partial charge in [0, 0.05) is 18.6 Å². The van der Waals surface area contributed by atoms with E-state index in [1.165, 1.54) is 0 Å². The van der Waals surface area contributed by atoms with Gasteiger partial charge in [-0.15, -0.1) is 0 Å². The first-order valence-corrected chi connectivity index (χ1v) is 6.31. The Morgan fingerprint density at radius 3 is 2.33 bits per heavy atom. The summed E-state index contributed by atoms with van der Waals surface area (Å²) in [5.74, 6) is 1.48. The molecular formula is C14H23NO3. The van der Waals surface area contributed by atoms with Crippen LogP contribution in [-0.4, -0.2) is 31.5 Å². The average Bonchev–Trinajstić information content (AvgIpc) is 2.41. The molecule has 0 radical (unpaired) electrons. The normalized spacial score (nSPS) is 14.0. The quantitative estimate of drug-likeness (QED) is 0.741. The van der Waals surface area contributed by atoms with Crippen LogP contribution in [0.25, 0.3) is 0 Å². The van der Waals surface area contributed by atoms with Crippen LogP contribution in [0.4, 0.5) is 0 Å². The van der Waals surface area contributed by atoms with Crippen LogP contribution in [0.2, 0.25) is 0 Å². The molecule has 0 amide bonds. The van der Waals surface area contributed by atoms with Gasteiger partial charge < -0.3 is 20.3 Å². The lowest BCUT2D eigenvalue weighted by atomic mass is 9.88. The number of para-hydroxylation sites is 2. The van der Waals surface area contributed by atoms with Crippen molar-refractivity contribution in [3.8, 4) is 11.5 Å². The summed E-state index contributed by atoms with van der Waals surface area (Å²) >= 11 is 0. The van der Waals surface area contributed by atoms with E-state index < -0.39 is 0 Å². The molecule has 102 valence electrons. The molecule has 0 spiro atoms. The fraction of sp³-hybridized carbons (Fsp3) is 0.571. The Morgan fingerprint density at radius 2 is 1.83 bits per heavy atom. The Hall–Kier alpha value is -1.26. The van der Waals surface area contributed by atoms with Crippen molar-refractivity contribution in [2.45, 2.75) is 20.3 Å². The maximum absolute atomic E-state index is 9.26. The van der Waals surface area contributed by atoms with E-state index in [4.69, 9.17) is 15.2 Å². The second-order valence-corrected chi connectivity index (χ2v) is 4.65. The summed E-state index contributed by atoms with van der Waals surface area (Å²) in [7, 11) is 0. The summed E-state index contributed by atoms with van der Waals surface area (Å²) in [5.41, 5.74) is 5.36. The Balaban J connectivity index is 2.53. The zero-order valence-corrected chi connectivity index (χ0v) is 11.2. The largest absolute Gasteiger partial charge is 0.490 e. The summed E-state index contributed by atoms with van der Waals surface area (Å²) in [6.45, 7) is 5.52. The predicted molar refractivity (Wildman–Crippen MR) is 72.0 cm³/mol. The number of ether oxygens (including phenoxy) is 2. The molecule has 0 aliphatic heterocycles. The van der Waals surface area contributed by atoms with Gasteiger partial charge in [-0.25, -0.2) is 0 Å². The van der Waals surface area contributed by atoms with Gasteiger partial charge >= 0.3 is 0 Å². The van der Waals surface area contributed by atoms with E-state index >= 15 is 0 Å². The van der Waals surface area contributed by atoms with Crippen molar-refractivity contribution >= 4 is 0 Å². The lowest BCUT2D eigenvalue weighted by molar-refractivity contribution is 0.118. The molecular weight excluding hydrogens is 230 g/mol. The van der Waals surface area contributed by atoms with Gasteiger partial charge in [-0.1, -0.05) is 19.1 Å². The SMILES string of the molecule is CCOc1ccccc1OCCC(C)(CN)CO. The fourth-order valence-electron chi connectivity index (χ4n) is 1.50. The third-order valence-corrected chi connectivity index (χ3v) is 2.99. The topological polar surface area (TPSA) is 64.7 Å². The Labute approximate surface area is 109 Å². The van der Waals surface area contributed by atoms with Gasteiger partial charge in [0.05, 0.1) is 13.2 Å². The van der Waals surface area contributed by atoms with Crippen molar-refractivity contribution in [3.05, 3.63) is 24.3 Å². The first kappa shape index (κ1) is 14.8. The zero-order valence-electron chi connectivity index (χ0n) is 11.2. The molecule has 1 atom stereocenters. The van der Waals surface area contributed by atoms with Crippen molar-refractivity contribution in [1.29, 1.82) is 0 Å². The molecule has 0 heterocycles. The van der Waals surface area contributed by atoms with Gasteiger partial charge in [0.15, 0.2) is 11.5 Å². The van der Waals surface area contributed by atoms with Gasteiger partial charge in [0.25, 0.3) is 0 Å². The van der Waals surface area contributed by atoms with Crippen molar-refractivity contribution in [1.82, 2.24) is 0 Å². The molecule has 0 saturated carbocycles. The maximum atomic E-state index is 9.26. The third-order valence-electron chi connectivity index (χ3n) is 2.99. The van der Waals surface area contributed by atoms with Crippen molar-refractivity contribution in [2.75, 3.05) is 26.4 Å². The average molecular weight is 253 g/mol. The first-order chi connectivity index (χ1) is 8.65. The lowest BCUT2D eigenvalue weighted by Gasteiger charge is -2.25. The van der Waals surface area contributed by atoms with Crippen LogP contribution in [0.1, 0.15) is 20.3 Å². The molecule has 1 aromatic rings. The van der Waals surface area contributed by atoms with Crippen LogP contribution in [0, 0.1) is 5.41 Å². The van der Waals surface area contributed by atoms with E-state index in [0.717, 1.165) is 11.5 Å². The Morgan fingerprint density at radius 1 is 1.22 bits per heavy atom. The van der Waals surface area contributed by atoms with E-state index in [1.54, 1.807) is 0 Å². The van der Waals surface area contributed by atoms with Gasteiger partial charge in [0.2, 0.25) is 0 Å². The first-order valence-electron chi connectivity index (χ1n) is 6.31. The molecule has 4 heteroatoms. The third kappa shape index (κ3) is 4.20. The molecule has 1 rings (SSSR count). The van der Waals surface area contributed by atoms with Crippen LogP contribution in [-0.2, 0) is 0 Å². The number of rotatable bonds is 8. The number of aliphatic hydroxyl groups excluding tert-OH is 1. The molecule has 1 aromatic carbocycles. The number of hydrogen-bond donors (Lipinski definition) is 2. The number of hydrogen-bond acceptors (Lipinski definition) is 4. The van der Waals surface area contributed by atoms with E-state index in [0.29, 0.717) is 26.2 Å². The molecule has 4 nitrogen and oxygen atoms in total. The monoisotopic (exact) mass is 253 g/mol. The molecule has 0 fully saturated rings. The van der Waals surface area contributed by atoms with Crippen LogP contribution < -0.4 is 15.2 Å². The molecule has 0 bridgehead atoms. The van der Waals surface area contributed by atoms with E-state index in [-0.39, 0.29) is 12.0 Å². The minimum atomic E-state index is -0.277. The molecule has 1 unspecified atom stereocenters. The highest BCUT2D eigenvalue weighted by Crippen LogP contribution is 2.27. The molecule has 3 N–H and O–H groups in total. The molecule has 0 aliphatic rings. The van der Waals surface area contributed by atoms with Crippen LogP contribution >= 0.6 is 0 Å². The summed E-state index contributed by atoms with van der Waals surface area (Å²) in [4.78, 5) is 0. The van der Waals surface area contributed by atoms with E-state index in [9.17, 15) is 5.11 Å². The maximum Gasteiger partial charge on any atom is 0.161 e. The summed E-state index contributed by atoms with van der Waals surface area (Å²) in [6.07, 6.45) is 0.709. The second-order valence-electron chi connectivity index (χ2n) is 4.65. The predicted octanol–water partition coefficient (Wildman–Crippen LogP) is 1.81. The van der Waals surface area contributed by atoms with Crippen molar-refractivity contribution < 1.29 is 14.6 Å². The zero-order chi connectivity index (χ0) is 13.4. The Kier molecular flexibility index (Phi) is 5.95.